The SMILES string of the molecule is O=C(NCCO)[C@@H](Cc1ccccc1)N(Cc1ccc(F)cc1)C(=O)COc1ccccc1Cl. The molecule has 0 heterocycles. The Morgan fingerprint density at radius 1 is 0.971 bits per heavy atom. The summed E-state index contributed by atoms with van der Waals surface area (Å²) in [6.07, 6.45) is 0.247. The van der Waals surface area contributed by atoms with E-state index < -0.39 is 23.7 Å². The summed E-state index contributed by atoms with van der Waals surface area (Å²) in [6, 6.07) is 20.9. The van der Waals surface area contributed by atoms with E-state index in [1.54, 1.807) is 36.4 Å². The number of halogens is 2. The molecule has 2 N–H and O–H groups in total. The fourth-order valence-corrected chi connectivity index (χ4v) is 3.61. The van der Waals surface area contributed by atoms with Crippen LogP contribution in [0.3, 0.4) is 0 Å². The predicted octanol–water partition coefficient (Wildman–Crippen LogP) is 3.61. The number of carbonyl (C=O) groups excluding carboxylic acids is 2. The van der Waals surface area contributed by atoms with Crippen molar-refractivity contribution in [2.45, 2.75) is 19.0 Å². The van der Waals surface area contributed by atoms with Crippen LogP contribution in [0.15, 0.2) is 78.9 Å². The zero-order valence-corrected chi connectivity index (χ0v) is 19.2. The van der Waals surface area contributed by atoms with Gasteiger partial charge in [0.25, 0.3) is 5.91 Å². The summed E-state index contributed by atoms with van der Waals surface area (Å²) in [5, 5.41) is 12.2. The maximum absolute atomic E-state index is 13.4. The molecule has 0 spiro atoms. The number of hydrogen-bond acceptors (Lipinski definition) is 4. The molecule has 0 unspecified atom stereocenters. The normalized spacial score (nSPS) is 11.5. The van der Waals surface area contributed by atoms with Crippen LogP contribution in [-0.2, 0) is 22.6 Å². The largest absolute Gasteiger partial charge is 0.482 e. The minimum absolute atomic E-state index is 0.0544. The summed E-state index contributed by atoms with van der Waals surface area (Å²) in [4.78, 5) is 27.9. The molecule has 0 aliphatic heterocycles. The molecular formula is C26H26ClFN2O4. The molecular weight excluding hydrogens is 459 g/mol. The van der Waals surface area contributed by atoms with Crippen molar-refractivity contribution in [2.24, 2.45) is 0 Å². The van der Waals surface area contributed by atoms with E-state index in [4.69, 9.17) is 21.4 Å². The molecule has 3 rings (SSSR count). The minimum Gasteiger partial charge on any atom is -0.482 e. The highest BCUT2D eigenvalue weighted by Gasteiger charge is 2.30. The van der Waals surface area contributed by atoms with Crippen molar-refractivity contribution in [3.8, 4) is 5.75 Å². The standard InChI is InChI=1S/C26H26ClFN2O4/c27-22-8-4-5-9-24(22)34-18-25(32)30(17-20-10-12-21(28)13-11-20)23(26(33)29-14-15-31)16-19-6-2-1-3-7-19/h1-13,23,31H,14-18H2,(H,29,33)/t23-/m1/s1. The third kappa shape index (κ3) is 7.30. The lowest BCUT2D eigenvalue weighted by Gasteiger charge is -2.31. The quantitative estimate of drug-likeness (QED) is 0.436. The first-order valence-electron chi connectivity index (χ1n) is 10.8. The Morgan fingerprint density at radius 2 is 1.65 bits per heavy atom. The van der Waals surface area contributed by atoms with Gasteiger partial charge in [0, 0.05) is 19.5 Å². The van der Waals surface area contributed by atoms with Gasteiger partial charge in [-0.15, -0.1) is 0 Å². The van der Waals surface area contributed by atoms with Gasteiger partial charge in [-0.3, -0.25) is 9.59 Å². The second kappa shape index (κ2) is 12.7. The van der Waals surface area contributed by atoms with E-state index in [1.165, 1.54) is 17.0 Å². The summed E-state index contributed by atoms with van der Waals surface area (Å²) >= 11 is 6.14. The number of aliphatic hydroxyl groups is 1. The molecule has 2 amide bonds. The summed E-state index contributed by atoms with van der Waals surface area (Å²) in [7, 11) is 0. The summed E-state index contributed by atoms with van der Waals surface area (Å²) < 4.78 is 19.1. The Morgan fingerprint density at radius 3 is 2.32 bits per heavy atom. The molecule has 0 saturated carbocycles. The second-order valence-electron chi connectivity index (χ2n) is 7.59. The molecule has 8 heteroatoms. The highest BCUT2D eigenvalue weighted by Crippen LogP contribution is 2.23. The summed E-state index contributed by atoms with van der Waals surface area (Å²) in [5.41, 5.74) is 1.51. The average molecular weight is 485 g/mol. The van der Waals surface area contributed by atoms with Crippen molar-refractivity contribution in [1.82, 2.24) is 10.2 Å². The van der Waals surface area contributed by atoms with Gasteiger partial charge in [-0.1, -0.05) is 66.2 Å². The predicted molar refractivity (Wildman–Crippen MR) is 128 cm³/mol. The lowest BCUT2D eigenvalue weighted by atomic mass is 10.0. The lowest BCUT2D eigenvalue weighted by Crippen LogP contribution is -2.52. The Labute approximate surface area is 202 Å². The van der Waals surface area contributed by atoms with E-state index in [-0.39, 0.29) is 32.7 Å². The van der Waals surface area contributed by atoms with Crippen LogP contribution in [0.25, 0.3) is 0 Å². The first-order valence-corrected chi connectivity index (χ1v) is 11.2. The molecule has 0 radical (unpaired) electrons. The Bertz CT molecular complexity index is 1080. The van der Waals surface area contributed by atoms with Crippen molar-refractivity contribution >= 4 is 23.4 Å². The topological polar surface area (TPSA) is 78.9 Å². The van der Waals surface area contributed by atoms with Crippen molar-refractivity contribution < 1.29 is 23.8 Å². The van der Waals surface area contributed by atoms with Gasteiger partial charge in [0.1, 0.15) is 17.6 Å². The van der Waals surface area contributed by atoms with Crippen LogP contribution < -0.4 is 10.1 Å². The first kappa shape index (κ1) is 25.2. The number of benzene rings is 3. The smallest absolute Gasteiger partial charge is 0.261 e. The molecule has 0 saturated heterocycles. The van der Waals surface area contributed by atoms with Gasteiger partial charge in [-0.25, -0.2) is 4.39 Å². The van der Waals surface area contributed by atoms with Crippen LogP contribution in [0.4, 0.5) is 4.39 Å². The number of carbonyl (C=O) groups is 2. The minimum atomic E-state index is -0.888. The van der Waals surface area contributed by atoms with Crippen LogP contribution in [0.1, 0.15) is 11.1 Å². The molecule has 3 aromatic rings. The van der Waals surface area contributed by atoms with Gasteiger partial charge in [0.2, 0.25) is 5.91 Å². The van der Waals surface area contributed by atoms with Gasteiger partial charge in [-0.05, 0) is 35.4 Å². The van der Waals surface area contributed by atoms with Gasteiger partial charge in [0.15, 0.2) is 6.61 Å². The van der Waals surface area contributed by atoms with Crippen molar-refractivity contribution in [3.63, 3.8) is 0 Å². The molecule has 34 heavy (non-hydrogen) atoms. The van der Waals surface area contributed by atoms with Crippen LogP contribution in [0.5, 0.6) is 5.75 Å². The molecule has 3 aromatic carbocycles. The van der Waals surface area contributed by atoms with E-state index in [0.717, 1.165) is 5.56 Å². The fraction of sp³-hybridized carbons (Fsp3) is 0.231. The average Bonchev–Trinajstić information content (AvgIpc) is 2.85. The Balaban J connectivity index is 1.89. The summed E-state index contributed by atoms with van der Waals surface area (Å²) in [5.74, 6) is -0.899. The first-order chi connectivity index (χ1) is 16.5. The van der Waals surface area contributed by atoms with Gasteiger partial charge >= 0.3 is 0 Å². The van der Waals surface area contributed by atoms with E-state index in [2.05, 4.69) is 5.32 Å². The highest BCUT2D eigenvalue weighted by molar-refractivity contribution is 6.32. The van der Waals surface area contributed by atoms with Crippen molar-refractivity contribution in [3.05, 3.63) is 101 Å². The Kier molecular flexibility index (Phi) is 9.43. The molecule has 0 bridgehead atoms. The van der Waals surface area contributed by atoms with E-state index >= 15 is 0 Å². The third-order valence-electron chi connectivity index (χ3n) is 5.14. The van der Waals surface area contributed by atoms with Crippen LogP contribution in [0.2, 0.25) is 5.02 Å². The number of nitrogens with zero attached hydrogens (tertiary/aromatic N) is 1. The maximum Gasteiger partial charge on any atom is 0.261 e. The second-order valence-corrected chi connectivity index (χ2v) is 7.99. The number of amides is 2. The van der Waals surface area contributed by atoms with Crippen molar-refractivity contribution in [1.29, 1.82) is 0 Å². The maximum atomic E-state index is 13.4. The number of para-hydroxylation sites is 1. The Hall–Kier alpha value is -3.42. The lowest BCUT2D eigenvalue weighted by molar-refractivity contribution is -0.142. The molecule has 178 valence electrons. The number of nitrogens with one attached hydrogen (secondary N) is 1. The zero-order valence-electron chi connectivity index (χ0n) is 18.5. The molecule has 0 fully saturated rings. The van der Waals surface area contributed by atoms with Gasteiger partial charge < -0.3 is 20.1 Å². The number of rotatable bonds is 11. The third-order valence-corrected chi connectivity index (χ3v) is 5.45. The molecule has 0 aliphatic carbocycles. The number of hydrogen-bond donors (Lipinski definition) is 2. The van der Waals surface area contributed by atoms with Crippen molar-refractivity contribution in [2.75, 3.05) is 19.8 Å². The number of ether oxygens (including phenoxy) is 1. The number of aliphatic hydroxyl groups excluding tert-OH is 1. The summed E-state index contributed by atoms with van der Waals surface area (Å²) in [6.45, 7) is -0.456. The molecule has 0 aromatic heterocycles. The van der Waals surface area contributed by atoms with Crippen LogP contribution in [-0.4, -0.2) is 47.6 Å². The zero-order chi connectivity index (χ0) is 24.3. The van der Waals surface area contributed by atoms with Crippen LogP contribution in [0, 0.1) is 5.82 Å². The van der Waals surface area contributed by atoms with Gasteiger partial charge in [0.05, 0.1) is 11.6 Å². The van der Waals surface area contributed by atoms with Crippen LogP contribution >= 0.6 is 11.6 Å². The van der Waals surface area contributed by atoms with Gasteiger partial charge in [-0.2, -0.15) is 0 Å². The van der Waals surface area contributed by atoms with E-state index in [1.807, 2.05) is 30.3 Å². The van der Waals surface area contributed by atoms with E-state index in [9.17, 15) is 14.0 Å². The fourth-order valence-electron chi connectivity index (χ4n) is 3.42. The molecule has 0 aliphatic rings. The molecule has 1 atom stereocenters. The van der Waals surface area contributed by atoms with E-state index in [0.29, 0.717) is 16.3 Å². The monoisotopic (exact) mass is 484 g/mol. The molecule has 6 nitrogen and oxygen atoms in total. The highest BCUT2D eigenvalue weighted by atomic mass is 35.5.